The highest BCUT2D eigenvalue weighted by atomic mass is 16.3. The Morgan fingerprint density at radius 1 is 1.29 bits per heavy atom. The van der Waals surface area contributed by atoms with Crippen molar-refractivity contribution in [1.29, 1.82) is 0 Å². The lowest BCUT2D eigenvalue weighted by atomic mass is 10.0. The number of nitrogens with two attached hydrogens (primary N) is 1. The van der Waals surface area contributed by atoms with Crippen molar-refractivity contribution in [3.8, 4) is 5.75 Å². The molecule has 1 aromatic rings. The average molecular weight is 236 g/mol. The Balaban J connectivity index is 2.89. The quantitative estimate of drug-likeness (QED) is 0.702. The normalized spacial score (nSPS) is 12.6. The number of aromatic hydroxyl groups is 1. The molecule has 4 heteroatoms. The number of carbonyl (C=O) groups is 1. The van der Waals surface area contributed by atoms with Crippen LogP contribution in [0.5, 0.6) is 5.75 Å². The highest BCUT2D eigenvalue weighted by Crippen LogP contribution is 2.25. The van der Waals surface area contributed by atoms with Gasteiger partial charge in [-0.2, -0.15) is 0 Å². The van der Waals surface area contributed by atoms with Crippen LogP contribution in [0, 0.1) is 19.8 Å². The molecule has 0 saturated carbocycles. The van der Waals surface area contributed by atoms with Crippen molar-refractivity contribution in [1.82, 2.24) is 0 Å². The van der Waals surface area contributed by atoms with E-state index in [1.54, 1.807) is 19.1 Å². The number of phenols is 1. The third-order valence-electron chi connectivity index (χ3n) is 2.82. The van der Waals surface area contributed by atoms with Crippen molar-refractivity contribution >= 4 is 11.6 Å². The Bertz CT molecular complexity index is 428. The molecule has 0 saturated heterocycles. The van der Waals surface area contributed by atoms with E-state index in [1.165, 1.54) is 0 Å². The van der Waals surface area contributed by atoms with Crippen LogP contribution in [-0.2, 0) is 4.79 Å². The highest BCUT2D eigenvalue weighted by Gasteiger charge is 2.18. The zero-order valence-electron chi connectivity index (χ0n) is 10.7. The molecule has 94 valence electrons. The molecule has 0 unspecified atom stereocenters. The lowest BCUT2D eigenvalue weighted by molar-refractivity contribution is -0.118. The SMILES string of the molecule is Cc1cc(NC(=O)[C@@H](N)C(C)C)c(C)cc1O. The van der Waals surface area contributed by atoms with Gasteiger partial charge in [-0.3, -0.25) is 4.79 Å². The van der Waals surface area contributed by atoms with Crippen LogP contribution in [0.3, 0.4) is 0 Å². The standard InChI is InChI=1S/C13H20N2O2/c1-7(2)12(14)13(17)15-10-5-9(4)11(16)6-8(10)3/h5-7,12,16H,14H2,1-4H3,(H,15,17)/t12-/m0/s1. The summed E-state index contributed by atoms with van der Waals surface area (Å²) in [6, 6.07) is 2.85. The summed E-state index contributed by atoms with van der Waals surface area (Å²) in [5, 5.41) is 12.3. The minimum absolute atomic E-state index is 0.0912. The van der Waals surface area contributed by atoms with Gasteiger partial charge in [0.2, 0.25) is 5.91 Å². The molecule has 4 N–H and O–H groups in total. The number of anilines is 1. The van der Waals surface area contributed by atoms with Gasteiger partial charge in [-0.25, -0.2) is 0 Å². The number of rotatable bonds is 3. The monoisotopic (exact) mass is 236 g/mol. The highest BCUT2D eigenvalue weighted by molar-refractivity contribution is 5.95. The summed E-state index contributed by atoms with van der Waals surface area (Å²) in [5.41, 5.74) is 8.00. The van der Waals surface area contributed by atoms with Gasteiger partial charge in [-0.15, -0.1) is 0 Å². The van der Waals surface area contributed by atoms with Crippen LogP contribution < -0.4 is 11.1 Å². The zero-order chi connectivity index (χ0) is 13.2. The van der Waals surface area contributed by atoms with Crippen molar-refractivity contribution in [2.45, 2.75) is 33.7 Å². The van der Waals surface area contributed by atoms with E-state index in [-0.39, 0.29) is 17.6 Å². The molecule has 0 heterocycles. The van der Waals surface area contributed by atoms with Crippen molar-refractivity contribution in [2.75, 3.05) is 5.32 Å². The maximum atomic E-state index is 11.8. The van der Waals surface area contributed by atoms with Gasteiger partial charge < -0.3 is 16.2 Å². The molecule has 1 amide bonds. The number of hydrogen-bond donors (Lipinski definition) is 3. The van der Waals surface area contributed by atoms with Gasteiger partial charge in [-0.05, 0) is 43.0 Å². The molecule has 0 bridgehead atoms. The third kappa shape index (κ3) is 3.20. The first-order valence-corrected chi connectivity index (χ1v) is 5.69. The number of phenolic OH excluding ortho intramolecular Hbond substituents is 1. The fraction of sp³-hybridized carbons (Fsp3) is 0.462. The maximum Gasteiger partial charge on any atom is 0.241 e. The molecule has 0 aliphatic heterocycles. The summed E-state index contributed by atoms with van der Waals surface area (Å²) >= 11 is 0. The Morgan fingerprint density at radius 3 is 2.41 bits per heavy atom. The Labute approximate surface area is 102 Å². The summed E-state index contributed by atoms with van der Waals surface area (Å²) in [5.74, 6) is 0.121. The van der Waals surface area contributed by atoms with E-state index < -0.39 is 6.04 Å². The average Bonchev–Trinajstić information content (AvgIpc) is 2.24. The van der Waals surface area contributed by atoms with E-state index in [2.05, 4.69) is 5.32 Å². The van der Waals surface area contributed by atoms with Crippen LogP contribution in [0.2, 0.25) is 0 Å². The first kappa shape index (κ1) is 13.5. The summed E-state index contributed by atoms with van der Waals surface area (Å²) in [4.78, 5) is 11.8. The number of benzene rings is 1. The van der Waals surface area contributed by atoms with Gasteiger partial charge in [0, 0.05) is 5.69 Å². The van der Waals surface area contributed by atoms with Gasteiger partial charge in [0.1, 0.15) is 5.75 Å². The molecule has 0 aromatic heterocycles. The predicted molar refractivity (Wildman–Crippen MR) is 69.0 cm³/mol. The summed E-state index contributed by atoms with van der Waals surface area (Å²) in [6.45, 7) is 7.42. The van der Waals surface area contributed by atoms with Crippen LogP contribution in [0.4, 0.5) is 5.69 Å². The molecule has 0 spiro atoms. The number of aryl methyl sites for hydroxylation is 2. The summed E-state index contributed by atoms with van der Waals surface area (Å²) in [7, 11) is 0. The minimum atomic E-state index is -0.525. The van der Waals surface area contributed by atoms with Gasteiger partial charge in [0.15, 0.2) is 0 Å². The fourth-order valence-corrected chi connectivity index (χ4v) is 1.45. The van der Waals surface area contributed by atoms with E-state index in [1.807, 2.05) is 20.8 Å². The van der Waals surface area contributed by atoms with Crippen molar-refractivity contribution in [3.63, 3.8) is 0 Å². The summed E-state index contributed by atoms with van der Waals surface area (Å²) < 4.78 is 0. The molecular weight excluding hydrogens is 216 g/mol. The number of amides is 1. The van der Waals surface area contributed by atoms with E-state index in [0.717, 1.165) is 11.1 Å². The molecular formula is C13H20N2O2. The lowest BCUT2D eigenvalue weighted by Gasteiger charge is -2.17. The molecule has 1 rings (SSSR count). The molecule has 0 fully saturated rings. The minimum Gasteiger partial charge on any atom is -0.508 e. The lowest BCUT2D eigenvalue weighted by Crippen LogP contribution is -2.39. The molecule has 0 aliphatic rings. The largest absolute Gasteiger partial charge is 0.508 e. The van der Waals surface area contributed by atoms with Crippen LogP contribution in [0.1, 0.15) is 25.0 Å². The van der Waals surface area contributed by atoms with Crippen molar-refractivity contribution in [2.24, 2.45) is 11.7 Å². The van der Waals surface area contributed by atoms with Crippen molar-refractivity contribution < 1.29 is 9.90 Å². The van der Waals surface area contributed by atoms with Crippen LogP contribution in [-0.4, -0.2) is 17.1 Å². The Hall–Kier alpha value is -1.55. The second kappa shape index (κ2) is 5.19. The first-order chi connectivity index (χ1) is 7.82. The van der Waals surface area contributed by atoms with Gasteiger partial charge in [0.05, 0.1) is 6.04 Å². The molecule has 4 nitrogen and oxygen atoms in total. The molecule has 1 aromatic carbocycles. The number of nitrogens with one attached hydrogen (secondary N) is 1. The van der Waals surface area contributed by atoms with Gasteiger partial charge >= 0.3 is 0 Å². The van der Waals surface area contributed by atoms with Gasteiger partial charge in [-0.1, -0.05) is 13.8 Å². The van der Waals surface area contributed by atoms with E-state index in [0.29, 0.717) is 5.69 Å². The maximum absolute atomic E-state index is 11.8. The molecule has 0 radical (unpaired) electrons. The summed E-state index contributed by atoms with van der Waals surface area (Å²) in [6.07, 6.45) is 0. The fourth-order valence-electron chi connectivity index (χ4n) is 1.45. The Morgan fingerprint density at radius 2 is 1.88 bits per heavy atom. The predicted octanol–water partition coefficient (Wildman–Crippen LogP) is 1.93. The first-order valence-electron chi connectivity index (χ1n) is 5.69. The van der Waals surface area contributed by atoms with E-state index in [4.69, 9.17) is 5.73 Å². The topological polar surface area (TPSA) is 75.4 Å². The number of carbonyl (C=O) groups excluding carboxylic acids is 1. The van der Waals surface area contributed by atoms with Crippen LogP contribution in [0.15, 0.2) is 12.1 Å². The van der Waals surface area contributed by atoms with Gasteiger partial charge in [0.25, 0.3) is 0 Å². The van der Waals surface area contributed by atoms with E-state index in [9.17, 15) is 9.90 Å². The van der Waals surface area contributed by atoms with Crippen molar-refractivity contribution in [3.05, 3.63) is 23.3 Å². The molecule has 17 heavy (non-hydrogen) atoms. The second-order valence-corrected chi connectivity index (χ2v) is 4.71. The second-order valence-electron chi connectivity index (χ2n) is 4.71. The molecule has 0 aliphatic carbocycles. The Kier molecular flexibility index (Phi) is 4.12. The van der Waals surface area contributed by atoms with E-state index >= 15 is 0 Å². The zero-order valence-corrected chi connectivity index (χ0v) is 10.7. The smallest absolute Gasteiger partial charge is 0.241 e. The van der Waals surface area contributed by atoms with Crippen LogP contribution in [0.25, 0.3) is 0 Å². The molecule has 1 atom stereocenters. The van der Waals surface area contributed by atoms with Crippen LogP contribution >= 0.6 is 0 Å². The number of hydrogen-bond acceptors (Lipinski definition) is 3. The third-order valence-corrected chi connectivity index (χ3v) is 2.82.